The Bertz CT molecular complexity index is 1050. The van der Waals surface area contributed by atoms with Gasteiger partial charge in [0.15, 0.2) is 0 Å². The van der Waals surface area contributed by atoms with E-state index >= 15 is 0 Å². The first-order valence-corrected chi connectivity index (χ1v) is 11.3. The predicted molar refractivity (Wildman–Crippen MR) is 122 cm³/mol. The van der Waals surface area contributed by atoms with Gasteiger partial charge in [-0.3, -0.25) is 4.79 Å². The molecule has 7 nitrogen and oxygen atoms in total. The van der Waals surface area contributed by atoms with Gasteiger partial charge in [0.25, 0.3) is 5.56 Å². The zero-order valence-electron chi connectivity index (χ0n) is 18.7. The maximum atomic E-state index is 12.4. The molecule has 0 unspecified atom stereocenters. The van der Waals surface area contributed by atoms with E-state index in [0.29, 0.717) is 28.3 Å². The maximum Gasteiger partial charge on any atom is 0.407 e. The largest absolute Gasteiger partial charge is 0.444 e. The fraction of sp³-hybridized carbons (Fsp3) is 0.609. The summed E-state index contributed by atoms with van der Waals surface area (Å²) in [5.74, 6) is 0.621. The first kappa shape index (κ1) is 22.1. The van der Waals surface area contributed by atoms with Crippen LogP contribution in [0.4, 0.5) is 4.79 Å². The lowest BCUT2D eigenvalue weighted by molar-refractivity contribution is -0.0926. The summed E-state index contributed by atoms with van der Waals surface area (Å²) in [6.07, 6.45) is 4.75. The predicted octanol–water partition coefficient (Wildman–Crippen LogP) is 3.37. The topological polar surface area (TPSA) is 76.5 Å². The van der Waals surface area contributed by atoms with Gasteiger partial charge < -0.3 is 15.0 Å². The Labute approximate surface area is 187 Å². The highest BCUT2D eigenvalue weighted by Crippen LogP contribution is 2.53. The molecule has 1 aromatic heterocycles. The van der Waals surface area contributed by atoms with Crippen molar-refractivity contribution in [1.29, 1.82) is 0 Å². The van der Waals surface area contributed by atoms with Gasteiger partial charge in [-0.25, -0.2) is 9.48 Å². The molecule has 1 saturated heterocycles. The molecule has 2 fully saturated rings. The van der Waals surface area contributed by atoms with Gasteiger partial charge >= 0.3 is 6.09 Å². The van der Waals surface area contributed by atoms with Gasteiger partial charge in [0.2, 0.25) is 0 Å². The monoisotopic (exact) mass is 446 g/mol. The Kier molecular flexibility index (Phi) is 5.77. The van der Waals surface area contributed by atoms with E-state index in [1.807, 2.05) is 32.9 Å². The first-order chi connectivity index (χ1) is 14.6. The summed E-state index contributed by atoms with van der Waals surface area (Å²) in [6.45, 7) is 9.22. The van der Waals surface area contributed by atoms with Crippen molar-refractivity contribution in [2.24, 2.45) is 18.4 Å². The zero-order valence-corrected chi connectivity index (χ0v) is 19.5. The molecule has 1 saturated carbocycles. The summed E-state index contributed by atoms with van der Waals surface area (Å²) in [7, 11) is 1.64. The van der Waals surface area contributed by atoms with Crippen LogP contribution in [-0.4, -0.2) is 52.6 Å². The molecule has 4 rings (SSSR count). The SMILES string of the molecule is Cn1ncc2c(CC3CC4(C3)CN(CCNC(=O)OC(C)(C)C)C4)ccc(Cl)c2c1=O. The Morgan fingerprint density at radius 2 is 2.03 bits per heavy atom. The minimum atomic E-state index is -0.468. The van der Waals surface area contributed by atoms with Crippen LogP contribution in [0.3, 0.4) is 0 Å². The second-order valence-electron chi connectivity index (χ2n) is 10.2. The molecule has 31 heavy (non-hydrogen) atoms. The summed E-state index contributed by atoms with van der Waals surface area (Å²) in [4.78, 5) is 26.6. The van der Waals surface area contributed by atoms with Gasteiger partial charge in [0.1, 0.15) is 5.60 Å². The number of aryl methyl sites for hydroxylation is 1. The lowest BCUT2D eigenvalue weighted by atomic mass is 9.56. The number of hydrogen-bond donors (Lipinski definition) is 1. The molecule has 8 heteroatoms. The Morgan fingerprint density at radius 3 is 2.71 bits per heavy atom. The highest BCUT2D eigenvalue weighted by molar-refractivity contribution is 6.35. The van der Waals surface area contributed by atoms with Crippen LogP contribution in [0.25, 0.3) is 10.8 Å². The molecular weight excluding hydrogens is 416 g/mol. The van der Waals surface area contributed by atoms with Gasteiger partial charge in [-0.05, 0) is 63.0 Å². The van der Waals surface area contributed by atoms with Crippen LogP contribution in [0, 0.1) is 11.3 Å². The molecule has 0 atom stereocenters. The second kappa shape index (κ2) is 8.10. The van der Waals surface area contributed by atoms with Crippen molar-refractivity contribution in [1.82, 2.24) is 20.0 Å². The lowest BCUT2D eigenvalue weighted by Crippen LogP contribution is -2.63. The molecule has 1 aromatic carbocycles. The van der Waals surface area contributed by atoms with Gasteiger partial charge in [-0.15, -0.1) is 0 Å². The molecule has 0 bridgehead atoms. The van der Waals surface area contributed by atoms with Crippen molar-refractivity contribution in [3.05, 3.63) is 39.3 Å². The van der Waals surface area contributed by atoms with Crippen LogP contribution in [-0.2, 0) is 18.2 Å². The summed E-state index contributed by atoms with van der Waals surface area (Å²) < 4.78 is 6.60. The summed E-state index contributed by atoms with van der Waals surface area (Å²) in [6, 6.07) is 3.87. The Hall–Kier alpha value is -2.12. The smallest absolute Gasteiger partial charge is 0.407 e. The van der Waals surface area contributed by atoms with E-state index in [2.05, 4.69) is 15.3 Å². The van der Waals surface area contributed by atoms with Crippen molar-refractivity contribution >= 4 is 28.5 Å². The second-order valence-corrected chi connectivity index (χ2v) is 10.6. The van der Waals surface area contributed by atoms with Crippen LogP contribution in [0.5, 0.6) is 0 Å². The highest BCUT2D eigenvalue weighted by Gasteiger charge is 2.51. The molecule has 1 aliphatic heterocycles. The van der Waals surface area contributed by atoms with E-state index in [4.69, 9.17) is 16.3 Å². The maximum absolute atomic E-state index is 12.4. The molecule has 2 aromatic rings. The number of carbonyl (C=O) groups excluding carboxylic acids is 1. The normalized spacial score (nSPS) is 18.6. The number of alkyl carbamates (subject to hydrolysis) is 1. The summed E-state index contributed by atoms with van der Waals surface area (Å²) >= 11 is 6.30. The average Bonchev–Trinajstić information content (AvgIpc) is 2.60. The molecule has 168 valence electrons. The van der Waals surface area contributed by atoms with Gasteiger partial charge in [-0.1, -0.05) is 17.7 Å². The summed E-state index contributed by atoms with van der Waals surface area (Å²) in [5, 5.41) is 8.94. The molecule has 1 amide bonds. The highest BCUT2D eigenvalue weighted by atomic mass is 35.5. The van der Waals surface area contributed by atoms with Crippen LogP contribution in [0.2, 0.25) is 5.02 Å². The van der Waals surface area contributed by atoms with Crippen LogP contribution in [0.1, 0.15) is 39.2 Å². The molecule has 1 spiro atoms. The minimum absolute atomic E-state index is 0.149. The average molecular weight is 447 g/mol. The first-order valence-electron chi connectivity index (χ1n) is 10.9. The van der Waals surface area contributed by atoms with Gasteiger partial charge in [0.05, 0.1) is 16.6 Å². The number of aromatic nitrogens is 2. The fourth-order valence-corrected chi connectivity index (χ4v) is 5.35. The number of hydrogen-bond acceptors (Lipinski definition) is 5. The number of benzene rings is 1. The van der Waals surface area contributed by atoms with E-state index < -0.39 is 5.60 Å². The molecule has 2 heterocycles. The van der Waals surface area contributed by atoms with E-state index in [-0.39, 0.29) is 11.7 Å². The van der Waals surface area contributed by atoms with Gasteiger partial charge in [-0.2, -0.15) is 5.10 Å². The van der Waals surface area contributed by atoms with Crippen LogP contribution >= 0.6 is 11.6 Å². The third-order valence-corrected chi connectivity index (χ3v) is 6.63. The van der Waals surface area contributed by atoms with Crippen molar-refractivity contribution < 1.29 is 9.53 Å². The molecule has 0 radical (unpaired) electrons. The van der Waals surface area contributed by atoms with Crippen molar-refractivity contribution in [3.8, 4) is 0 Å². The molecule has 1 aliphatic carbocycles. The lowest BCUT2D eigenvalue weighted by Gasteiger charge is -2.59. The fourth-order valence-electron chi connectivity index (χ4n) is 5.11. The number of rotatable bonds is 5. The molecule has 1 N–H and O–H groups in total. The Morgan fingerprint density at radius 1 is 1.32 bits per heavy atom. The van der Waals surface area contributed by atoms with E-state index in [9.17, 15) is 9.59 Å². The number of nitrogens with zero attached hydrogens (tertiary/aromatic N) is 3. The number of amides is 1. The zero-order chi connectivity index (χ0) is 22.4. The van der Waals surface area contributed by atoms with E-state index in [1.165, 1.54) is 17.5 Å². The summed E-state index contributed by atoms with van der Waals surface area (Å²) in [5.41, 5.74) is 0.962. The molecular formula is C23H31ClN4O3. The standard InChI is InChI=1S/C23H31ClN4O3/c1-22(2,3)31-21(30)25-7-8-28-13-23(14-28)10-15(11-23)9-16-5-6-18(24)19-17(16)12-26-27(4)20(19)29/h5-6,12,15H,7-11,13-14H2,1-4H3,(H,25,30). The van der Waals surface area contributed by atoms with Crippen molar-refractivity contribution in [2.45, 2.75) is 45.6 Å². The molecule has 2 aliphatic rings. The van der Waals surface area contributed by atoms with E-state index in [1.54, 1.807) is 13.2 Å². The number of ether oxygens (including phenoxy) is 1. The van der Waals surface area contributed by atoms with Gasteiger partial charge in [0, 0.05) is 38.6 Å². The Balaban J connectivity index is 1.25. The number of fused-ring (bicyclic) bond motifs is 1. The number of halogens is 1. The minimum Gasteiger partial charge on any atom is -0.444 e. The number of carbonyl (C=O) groups is 1. The third kappa shape index (κ3) is 4.72. The number of nitrogens with one attached hydrogen (secondary N) is 1. The number of likely N-dealkylation sites (tertiary alicyclic amines) is 1. The quantitative estimate of drug-likeness (QED) is 0.762. The van der Waals surface area contributed by atoms with Crippen LogP contribution < -0.4 is 10.9 Å². The van der Waals surface area contributed by atoms with Crippen molar-refractivity contribution in [2.75, 3.05) is 26.2 Å². The third-order valence-electron chi connectivity index (χ3n) is 6.32. The van der Waals surface area contributed by atoms with Crippen LogP contribution in [0.15, 0.2) is 23.1 Å². The van der Waals surface area contributed by atoms with Crippen molar-refractivity contribution in [3.63, 3.8) is 0 Å². The van der Waals surface area contributed by atoms with E-state index in [0.717, 1.165) is 37.0 Å².